The van der Waals surface area contributed by atoms with Crippen molar-refractivity contribution >= 4 is 110 Å². The van der Waals surface area contributed by atoms with Gasteiger partial charge in [-0.1, -0.05) is 206 Å². The Morgan fingerprint density at radius 1 is 0.304 bits per heavy atom. The maximum absolute atomic E-state index is 6.81. The van der Waals surface area contributed by atoms with E-state index in [1.807, 2.05) is 12.1 Å². The Morgan fingerprint density at radius 3 is 1.33 bits per heavy atom. The van der Waals surface area contributed by atoms with E-state index in [9.17, 15) is 0 Å². The normalized spacial score (nSPS) is 12.8. The lowest BCUT2D eigenvalue weighted by atomic mass is 9.65. The first-order valence-electron chi connectivity index (χ1n) is 27.2. The van der Waals surface area contributed by atoms with Crippen LogP contribution in [0.25, 0.3) is 87.3 Å². The van der Waals surface area contributed by atoms with E-state index < -0.39 is 5.41 Å². The minimum absolute atomic E-state index is 0.733. The van der Waals surface area contributed by atoms with Crippen LogP contribution in [-0.4, -0.2) is 0 Å². The average Bonchev–Trinajstić information content (AvgIpc) is 4.31. The lowest BCUT2D eigenvalue weighted by Crippen LogP contribution is -2.29. The van der Waals surface area contributed by atoms with Crippen molar-refractivity contribution in [1.29, 1.82) is 0 Å². The third-order valence-electron chi connectivity index (χ3n) is 16.9. The topological polar surface area (TPSA) is 32.8 Å². The Morgan fingerprint density at radius 2 is 0.759 bits per heavy atom. The fourth-order valence-corrected chi connectivity index (χ4v) is 13.6. The summed E-state index contributed by atoms with van der Waals surface area (Å²) in [5.41, 5.74) is 18.9. The lowest BCUT2D eigenvalue weighted by molar-refractivity contribution is 0.668. The summed E-state index contributed by atoms with van der Waals surface area (Å²) in [5.74, 6) is 0. The van der Waals surface area contributed by atoms with Crippen LogP contribution in [0.1, 0.15) is 33.4 Å². The number of benzene rings is 13. The van der Waals surface area contributed by atoms with Gasteiger partial charge < -0.3 is 18.6 Å². The molecule has 15 aromatic rings. The third kappa shape index (κ3) is 6.55. The number of anilines is 6. The molecule has 1 aliphatic rings. The molecule has 2 heterocycles. The minimum atomic E-state index is -0.733. The zero-order valence-electron chi connectivity index (χ0n) is 43.6. The predicted octanol–water partition coefficient (Wildman–Crippen LogP) is 20.9. The van der Waals surface area contributed by atoms with Crippen LogP contribution in [0, 0.1) is 13.8 Å². The summed E-state index contributed by atoms with van der Waals surface area (Å²) in [6.45, 7) is 4.39. The van der Waals surface area contributed by atoms with E-state index >= 15 is 0 Å². The van der Waals surface area contributed by atoms with E-state index in [2.05, 4.69) is 278 Å². The second kappa shape index (κ2) is 17.4. The van der Waals surface area contributed by atoms with Gasteiger partial charge in [0, 0.05) is 44.3 Å². The number of furan rings is 2. The second-order valence-corrected chi connectivity index (χ2v) is 21.1. The molecular weight excluding hydrogens is 961 g/mol. The standard InChI is InChI=1S/C75H50N2O2/c1-47-21-9-15-33-64(47)76(66-35-19-31-60-56-28-13-17-37-68(56)78-73(60)66)52-40-43-54-49(45-52)39-42-62-70-58-30-12-11-27-55(58)63-46-53(41-44-59(63)72(70)75(71(54)62,50-23-5-3-6-24-50)51-25-7-4-8-26-51)77(65-34-16-10-22-48(65)2)67-36-20-32-61-57-29-14-18-38-69(57)79-74(61)67/h3-46H,1-2H3. The van der Waals surface area contributed by atoms with Gasteiger partial charge in [0.25, 0.3) is 0 Å². The summed E-state index contributed by atoms with van der Waals surface area (Å²) >= 11 is 0. The summed E-state index contributed by atoms with van der Waals surface area (Å²) in [7, 11) is 0. The molecule has 0 spiro atoms. The lowest BCUT2D eigenvalue weighted by Gasteiger charge is -2.36. The Bertz CT molecular complexity index is 4910. The van der Waals surface area contributed by atoms with Gasteiger partial charge in [-0.25, -0.2) is 0 Å². The van der Waals surface area contributed by atoms with Gasteiger partial charge in [-0.2, -0.15) is 0 Å². The minimum Gasteiger partial charge on any atom is -0.454 e. The van der Waals surface area contributed by atoms with Crippen molar-refractivity contribution in [1.82, 2.24) is 0 Å². The van der Waals surface area contributed by atoms with Gasteiger partial charge >= 0.3 is 0 Å². The summed E-state index contributed by atoms with van der Waals surface area (Å²) in [5, 5.41) is 11.6. The fraction of sp³-hybridized carbons (Fsp3) is 0.0400. The second-order valence-electron chi connectivity index (χ2n) is 21.1. The van der Waals surface area contributed by atoms with E-state index in [-0.39, 0.29) is 0 Å². The van der Waals surface area contributed by atoms with Crippen LogP contribution in [-0.2, 0) is 5.41 Å². The molecule has 0 aliphatic heterocycles. The molecule has 0 atom stereocenters. The molecule has 1 aliphatic carbocycles. The highest BCUT2D eigenvalue weighted by Crippen LogP contribution is 2.62. The summed E-state index contributed by atoms with van der Waals surface area (Å²) in [4.78, 5) is 4.79. The molecule has 13 aromatic carbocycles. The van der Waals surface area contributed by atoms with Gasteiger partial charge in [0.1, 0.15) is 11.2 Å². The highest BCUT2D eigenvalue weighted by molar-refractivity contribution is 6.22. The maximum Gasteiger partial charge on any atom is 0.159 e. The molecule has 0 amide bonds. The molecule has 2 aromatic heterocycles. The molecule has 0 radical (unpaired) electrons. The molecule has 0 unspecified atom stereocenters. The number of rotatable bonds is 8. The van der Waals surface area contributed by atoms with Crippen molar-refractivity contribution < 1.29 is 8.83 Å². The van der Waals surface area contributed by atoms with Crippen molar-refractivity contribution in [3.8, 4) is 11.1 Å². The molecule has 4 heteroatoms. The SMILES string of the molecule is Cc1ccccc1N(c1ccc2c3c(ccc2c1)-c1c(c2ccc(N(c4ccccc4C)c4cccc5c4oc4ccccc45)cc2c2ccccc12)C3(c1ccccc1)c1ccccc1)c1cccc2c1oc1ccccc12. The zero-order valence-corrected chi connectivity index (χ0v) is 43.6. The van der Waals surface area contributed by atoms with Gasteiger partial charge in [0.15, 0.2) is 11.2 Å². The Hall–Kier alpha value is -10.2. The first kappa shape index (κ1) is 45.1. The highest BCUT2D eigenvalue weighted by Gasteiger charge is 2.49. The Kier molecular flexibility index (Phi) is 9.95. The van der Waals surface area contributed by atoms with Crippen molar-refractivity contribution in [3.63, 3.8) is 0 Å². The van der Waals surface area contributed by atoms with Crippen LogP contribution in [0.15, 0.2) is 276 Å². The molecule has 0 bridgehead atoms. The van der Waals surface area contributed by atoms with Gasteiger partial charge in [-0.05, 0) is 151 Å². The smallest absolute Gasteiger partial charge is 0.159 e. The van der Waals surface area contributed by atoms with Crippen LogP contribution >= 0.6 is 0 Å². The number of hydrogen-bond donors (Lipinski definition) is 0. The van der Waals surface area contributed by atoms with Gasteiger partial charge in [-0.3, -0.25) is 0 Å². The van der Waals surface area contributed by atoms with Crippen molar-refractivity contribution in [3.05, 3.63) is 300 Å². The summed E-state index contributed by atoms with van der Waals surface area (Å²) in [6.07, 6.45) is 0. The number of nitrogens with zero attached hydrogens (tertiary/aromatic N) is 2. The third-order valence-corrected chi connectivity index (χ3v) is 16.9. The Balaban J connectivity index is 0.978. The van der Waals surface area contributed by atoms with E-state index in [0.29, 0.717) is 0 Å². The Labute approximate surface area is 457 Å². The van der Waals surface area contributed by atoms with Crippen molar-refractivity contribution in [2.75, 3.05) is 9.80 Å². The van der Waals surface area contributed by atoms with Crippen molar-refractivity contribution in [2.24, 2.45) is 0 Å². The zero-order chi connectivity index (χ0) is 52.3. The monoisotopic (exact) mass is 1010 g/mol. The summed E-state index contributed by atoms with van der Waals surface area (Å²) < 4.78 is 13.6. The van der Waals surface area contributed by atoms with Crippen LogP contribution in [0.2, 0.25) is 0 Å². The fourth-order valence-electron chi connectivity index (χ4n) is 13.6. The van der Waals surface area contributed by atoms with Crippen LogP contribution in [0.3, 0.4) is 0 Å². The van der Waals surface area contributed by atoms with Crippen molar-refractivity contribution in [2.45, 2.75) is 19.3 Å². The van der Waals surface area contributed by atoms with Gasteiger partial charge in [0.2, 0.25) is 0 Å². The number of fused-ring (bicyclic) bond motifs is 16. The first-order chi connectivity index (χ1) is 39.0. The number of para-hydroxylation sites is 6. The van der Waals surface area contributed by atoms with E-state index in [1.165, 1.54) is 71.4 Å². The molecule has 16 rings (SSSR count). The summed E-state index contributed by atoms with van der Waals surface area (Å²) in [6, 6.07) is 97.7. The molecule has 0 fully saturated rings. The van der Waals surface area contributed by atoms with E-state index in [0.717, 1.165) is 83.4 Å². The number of hydrogen-bond acceptors (Lipinski definition) is 4. The first-order valence-corrected chi connectivity index (χ1v) is 27.2. The van der Waals surface area contributed by atoms with E-state index in [4.69, 9.17) is 8.83 Å². The maximum atomic E-state index is 6.81. The average molecular weight is 1010 g/mol. The van der Waals surface area contributed by atoms with E-state index in [1.54, 1.807) is 0 Å². The van der Waals surface area contributed by atoms with Gasteiger partial charge in [0.05, 0.1) is 16.8 Å². The predicted molar refractivity (Wildman–Crippen MR) is 330 cm³/mol. The highest BCUT2D eigenvalue weighted by atomic mass is 16.3. The number of aryl methyl sites for hydroxylation is 2. The molecule has 0 saturated carbocycles. The van der Waals surface area contributed by atoms with Crippen LogP contribution in [0.4, 0.5) is 34.1 Å². The van der Waals surface area contributed by atoms with Crippen LogP contribution in [0.5, 0.6) is 0 Å². The molecule has 0 N–H and O–H groups in total. The molecule has 372 valence electrons. The molecule has 79 heavy (non-hydrogen) atoms. The molecule has 4 nitrogen and oxygen atoms in total. The molecule has 0 saturated heterocycles. The van der Waals surface area contributed by atoms with Gasteiger partial charge in [-0.15, -0.1) is 0 Å². The quantitative estimate of drug-likeness (QED) is 0.142. The largest absolute Gasteiger partial charge is 0.454 e. The van der Waals surface area contributed by atoms with Crippen LogP contribution < -0.4 is 9.80 Å². The molecular formula is C75H50N2O2.